The zero-order valence-corrected chi connectivity index (χ0v) is 20.8. The smallest absolute Gasteiger partial charge is 0.271 e. The Morgan fingerprint density at radius 3 is 2.64 bits per heavy atom. The molecule has 0 saturated heterocycles. The zero-order valence-electron chi connectivity index (χ0n) is 20.0. The summed E-state index contributed by atoms with van der Waals surface area (Å²) in [7, 11) is -3.61. The molecule has 2 atom stereocenters. The molecule has 2 aliphatic heterocycles. The van der Waals surface area contributed by atoms with Gasteiger partial charge in [0, 0.05) is 51.4 Å². The number of fused-ring (bicyclic) bond motifs is 2. The molecule has 2 aromatic carbocycles. The van der Waals surface area contributed by atoms with E-state index in [1.807, 2.05) is 10.6 Å². The van der Waals surface area contributed by atoms with Gasteiger partial charge in [-0.3, -0.25) is 9.69 Å². The van der Waals surface area contributed by atoms with Crippen LogP contribution in [0.15, 0.2) is 65.7 Å². The van der Waals surface area contributed by atoms with E-state index >= 15 is 0 Å². The van der Waals surface area contributed by atoms with Crippen LogP contribution in [0.25, 0.3) is 0 Å². The van der Waals surface area contributed by atoms with Gasteiger partial charge in [-0.05, 0) is 36.1 Å². The molecule has 3 heterocycles. The van der Waals surface area contributed by atoms with Crippen molar-refractivity contribution in [3.8, 4) is 0 Å². The minimum Gasteiger partial charge on any atom is -0.390 e. The summed E-state index contributed by atoms with van der Waals surface area (Å²) in [4.78, 5) is 19.6. The SMILES string of the molecule is O=C(NC[C@@H](O)CN1CCc2ccccc2C1)c1cn2c(n1)CCC(NS(=O)(=O)c1ccccc1)C2. The van der Waals surface area contributed by atoms with Crippen LogP contribution in [0.2, 0.25) is 0 Å². The van der Waals surface area contributed by atoms with Crippen LogP contribution in [-0.4, -0.2) is 65.7 Å². The van der Waals surface area contributed by atoms with Gasteiger partial charge in [0.2, 0.25) is 10.0 Å². The number of sulfonamides is 1. The highest BCUT2D eigenvalue weighted by atomic mass is 32.2. The molecule has 0 bridgehead atoms. The van der Waals surface area contributed by atoms with Crippen molar-refractivity contribution in [1.29, 1.82) is 0 Å². The number of carbonyl (C=O) groups excluding carboxylic acids is 1. The molecule has 0 saturated carbocycles. The van der Waals surface area contributed by atoms with Crippen LogP contribution in [0.5, 0.6) is 0 Å². The number of carbonyl (C=O) groups is 1. The second kappa shape index (κ2) is 10.5. The van der Waals surface area contributed by atoms with Crippen LogP contribution < -0.4 is 10.0 Å². The number of aromatic nitrogens is 2. The Kier molecular flexibility index (Phi) is 7.20. The normalized spacial score (nSPS) is 18.8. The number of hydrogen-bond donors (Lipinski definition) is 3. The van der Waals surface area contributed by atoms with E-state index in [9.17, 15) is 18.3 Å². The average molecular weight is 510 g/mol. The minimum absolute atomic E-state index is 0.138. The Morgan fingerprint density at radius 2 is 1.83 bits per heavy atom. The zero-order chi connectivity index (χ0) is 25.1. The molecule has 9 nitrogen and oxygen atoms in total. The molecular weight excluding hydrogens is 478 g/mol. The van der Waals surface area contributed by atoms with Crippen molar-refractivity contribution < 1.29 is 18.3 Å². The molecule has 190 valence electrons. The number of nitrogens with one attached hydrogen (secondary N) is 2. The first kappa shape index (κ1) is 24.6. The molecule has 0 spiro atoms. The van der Waals surface area contributed by atoms with Crippen LogP contribution in [-0.2, 0) is 36.0 Å². The number of rotatable bonds is 8. The van der Waals surface area contributed by atoms with E-state index in [0.29, 0.717) is 25.9 Å². The number of benzene rings is 2. The molecule has 0 fully saturated rings. The fourth-order valence-corrected chi connectivity index (χ4v) is 6.19. The lowest BCUT2D eigenvalue weighted by Crippen LogP contribution is -2.42. The predicted molar refractivity (Wildman–Crippen MR) is 135 cm³/mol. The number of aliphatic hydroxyl groups excluding tert-OH is 1. The van der Waals surface area contributed by atoms with Crippen molar-refractivity contribution in [1.82, 2.24) is 24.5 Å². The summed E-state index contributed by atoms with van der Waals surface area (Å²) in [6.45, 7) is 2.70. The van der Waals surface area contributed by atoms with Crippen molar-refractivity contribution in [2.24, 2.45) is 0 Å². The van der Waals surface area contributed by atoms with E-state index in [1.54, 1.807) is 36.5 Å². The number of nitrogens with zero attached hydrogens (tertiary/aromatic N) is 3. The molecule has 3 aromatic rings. The summed E-state index contributed by atoms with van der Waals surface area (Å²) >= 11 is 0. The molecule has 10 heteroatoms. The van der Waals surface area contributed by atoms with Gasteiger partial charge in [-0.25, -0.2) is 18.1 Å². The maximum absolute atomic E-state index is 12.7. The summed E-state index contributed by atoms with van der Waals surface area (Å²) in [6.07, 6.45) is 3.09. The molecular formula is C26H31N5O4S. The summed E-state index contributed by atoms with van der Waals surface area (Å²) < 4.78 is 29.9. The number of imidazole rings is 1. The highest BCUT2D eigenvalue weighted by Gasteiger charge is 2.27. The minimum atomic E-state index is -3.61. The van der Waals surface area contributed by atoms with E-state index in [2.05, 4.69) is 38.1 Å². The summed E-state index contributed by atoms with van der Waals surface area (Å²) in [5.41, 5.74) is 2.92. The first-order valence-electron chi connectivity index (χ1n) is 12.3. The lowest BCUT2D eigenvalue weighted by molar-refractivity contribution is 0.0838. The Morgan fingerprint density at radius 1 is 1.08 bits per heavy atom. The van der Waals surface area contributed by atoms with Gasteiger partial charge in [0.15, 0.2) is 0 Å². The number of β-amino-alcohol motifs (C(OH)–C–C–N with tert-alkyl or cyclic N) is 1. The van der Waals surface area contributed by atoms with Crippen LogP contribution in [0.3, 0.4) is 0 Å². The Hall–Kier alpha value is -3.05. The standard InChI is InChI=1S/C26H31N5O4S/c32-22(17-30-13-12-19-6-4-5-7-20(19)15-30)14-27-26(33)24-18-31-16-21(10-11-25(31)28-24)29-36(34,35)23-8-2-1-3-9-23/h1-9,18,21-22,29,32H,10-17H2,(H,27,33)/t21?,22-/m1/s1. The van der Waals surface area contributed by atoms with Crippen LogP contribution >= 0.6 is 0 Å². The van der Waals surface area contributed by atoms with Crippen LogP contribution in [0.4, 0.5) is 0 Å². The van der Waals surface area contributed by atoms with Gasteiger partial charge in [0.1, 0.15) is 11.5 Å². The molecule has 0 radical (unpaired) electrons. The summed E-state index contributed by atoms with van der Waals surface area (Å²) in [5, 5.41) is 13.3. The number of aliphatic hydroxyl groups is 1. The van der Waals surface area contributed by atoms with Gasteiger partial charge in [-0.2, -0.15) is 0 Å². The second-order valence-electron chi connectivity index (χ2n) is 9.48. The Bertz CT molecular complexity index is 1330. The first-order valence-corrected chi connectivity index (χ1v) is 13.7. The molecule has 2 aliphatic rings. The fourth-order valence-electron chi connectivity index (χ4n) is 4.91. The topological polar surface area (TPSA) is 117 Å². The monoisotopic (exact) mass is 509 g/mol. The van der Waals surface area contributed by atoms with E-state index in [0.717, 1.165) is 25.3 Å². The van der Waals surface area contributed by atoms with Gasteiger partial charge in [0.25, 0.3) is 5.91 Å². The Labute approximate surface area is 211 Å². The van der Waals surface area contributed by atoms with E-state index in [-0.39, 0.29) is 29.1 Å². The maximum atomic E-state index is 12.7. The van der Waals surface area contributed by atoms with E-state index in [1.165, 1.54) is 11.1 Å². The van der Waals surface area contributed by atoms with E-state index in [4.69, 9.17) is 0 Å². The largest absolute Gasteiger partial charge is 0.390 e. The van der Waals surface area contributed by atoms with Gasteiger partial charge in [-0.1, -0.05) is 42.5 Å². The van der Waals surface area contributed by atoms with Gasteiger partial charge < -0.3 is 15.0 Å². The van der Waals surface area contributed by atoms with Gasteiger partial charge in [-0.15, -0.1) is 0 Å². The highest BCUT2D eigenvalue weighted by molar-refractivity contribution is 7.89. The third kappa shape index (κ3) is 5.67. The summed E-state index contributed by atoms with van der Waals surface area (Å²) in [5.74, 6) is 0.407. The Balaban J connectivity index is 1.12. The molecule has 1 amide bonds. The van der Waals surface area contributed by atoms with Gasteiger partial charge >= 0.3 is 0 Å². The van der Waals surface area contributed by atoms with Crippen LogP contribution in [0.1, 0.15) is 33.9 Å². The van der Waals surface area contributed by atoms with Crippen molar-refractivity contribution in [3.63, 3.8) is 0 Å². The van der Waals surface area contributed by atoms with Crippen molar-refractivity contribution >= 4 is 15.9 Å². The summed E-state index contributed by atoms with van der Waals surface area (Å²) in [6, 6.07) is 16.3. The number of amides is 1. The molecule has 3 N–H and O–H groups in total. The third-order valence-electron chi connectivity index (χ3n) is 6.78. The molecule has 1 unspecified atom stereocenters. The lowest BCUT2D eigenvalue weighted by atomic mass is 10.00. The highest BCUT2D eigenvalue weighted by Crippen LogP contribution is 2.19. The predicted octanol–water partition coefficient (Wildman–Crippen LogP) is 1.33. The molecule has 36 heavy (non-hydrogen) atoms. The number of hydrogen-bond acceptors (Lipinski definition) is 6. The second-order valence-corrected chi connectivity index (χ2v) is 11.2. The quantitative estimate of drug-likeness (QED) is 0.422. The third-order valence-corrected chi connectivity index (χ3v) is 8.31. The van der Waals surface area contributed by atoms with Gasteiger partial charge in [0.05, 0.1) is 11.0 Å². The maximum Gasteiger partial charge on any atom is 0.271 e. The molecule has 0 aliphatic carbocycles. The molecule has 1 aromatic heterocycles. The van der Waals surface area contributed by atoms with Crippen molar-refractivity contribution in [2.45, 2.75) is 49.4 Å². The first-order chi connectivity index (χ1) is 17.4. The number of aryl methyl sites for hydroxylation is 1. The average Bonchev–Trinajstić information content (AvgIpc) is 3.31. The van der Waals surface area contributed by atoms with Crippen molar-refractivity contribution in [2.75, 3.05) is 19.6 Å². The van der Waals surface area contributed by atoms with Crippen molar-refractivity contribution in [3.05, 3.63) is 83.4 Å². The molecule has 5 rings (SSSR count). The lowest BCUT2D eigenvalue weighted by Gasteiger charge is -2.30. The fraction of sp³-hybridized carbons (Fsp3) is 0.385. The van der Waals surface area contributed by atoms with Crippen LogP contribution in [0, 0.1) is 0 Å². The van der Waals surface area contributed by atoms with E-state index < -0.39 is 16.1 Å².